The predicted octanol–water partition coefficient (Wildman–Crippen LogP) is 5.25. The van der Waals surface area contributed by atoms with E-state index in [1.54, 1.807) is 12.1 Å². The summed E-state index contributed by atoms with van der Waals surface area (Å²) in [6.07, 6.45) is 0.847. The van der Waals surface area contributed by atoms with Gasteiger partial charge in [0.2, 0.25) is 0 Å². The summed E-state index contributed by atoms with van der Waals surface area (Å²) in [5, 5.41) is 1.23. The highest BCUT2D eigenvalue weighted by Gasteiger charge is 2.09. The molecule has 0 unspecified atom stereocenters. The molecule has 0 saturated heterocycles. The first-order chi connectivity index (χ1) is 9.51. The molecular formula is C15H14Cl3NO. The number of hydrogen-bond acceptors (Lipinski definition) is 2. The van der Waals surface area contributed by atoms with Gasteiger partial charge >= 0.3 is 0 Å². The Kier molecular flexibility index (Phi) is 5.17. The van der Waals surface area contributed by atoms with E-state index in [2.05, 4.69) is 0 Å². The standard InChI is InChI=1S/C15H14Cl3NO/c1-9-6-11(3-2-10(9)4-5-19)20-15-8-13(17)12(16)7-14(15)18/h2-3,6-8H,4-5,19H2,1H3. The fourth-order valence-corrected chi connectivity index (χ4v) is 2.45. The summed E-state index contributed by atoms with van der Waals surface area (Å²) in [6.45, 7) is 2.65. The van der Waals surface area contributed by atoms with E-state index in [0.29, 0.717) is 33.1 Å². The Morgan fingerprint density at radius 3 is 2.35 bits per heavy atom. The number of aryl methyl sites for hydroxylation is 1. The Labute approximate surface area is 133 Å². The first-order valence-corrected chi connectivity index (χ1v) is 7.26. The summed E-state index contributed by atoms with van der Waals surface area (Å²) >= 11 is 17.9. The van der Waals surface area contributed by atoms with Crippen LogP contribution in [0.4, 0.5) is 0 Å². The van der Waals surface area contributed by atoms with Crippen LogP contribution in [0.15, 0.2) is 30.3 Å². The van der Waals surface area contributed by atoms with Crippen molar-refractivity contribution in [2.24, 2.45) is 5.73 Å². The second-order valence-electron chi connectivity index (χ2n) is 4.43. The summed E-state index contributed by atoms with van der Waals surface area (Å²) < 4.78 is 5.75. The quantitative estimate of drug-likeness (QED) is 0.777. The normalized spacial score (nSPS) is 10.7. The third kappa shape index (κ3) is 3.58. The van der Waals surface area contributed by atoms with Gasteiger partial charge in [-0.25, -0.2) is 0 Å². The van der Waals surface area contributed by atoms with Crippen LogP contribution in [0.25, 0.3) is 0 Å². The molecule has 0 heterocycles. The van der Waals surface area contributed by atoms with Gasteiger partial charge in [0.1, 0.15) is 11.5 Å². The van der Waals surface area contributed by atoms with Crippen LogP contribution in [-0.2, 0) is 6.42 Å². The van der Waals surface area contributed by atoms with Gasteiger partial charge in [0, 0.05) is 6.07 Å². The zero-order valence-electron chi connectivity index (χ0n) is 10.9. The lowest BCUT2D eigenvalue weighted by Gasteiger charge is -2.11. The minimum atomic E-state index is 0.401. The maximum Gasteiger partial charge on any atom is 0.147 e. The van der Waals surface area contributed by atoms with E-state index in [9.17, 15) is 0 Å². The van der Waals surface area contributed by atoms with Crippen molar-refractivity contribution in [3.8, 4) is 11.5 Å². The van der Waals surface area contributed by atoms with Crippen LogP contribution < -0.4 is 10.5 Å². The lowest BCUT2D eigenvalue weighted by atomic mass is 10.1. The molecule has 0 aromatic heterocycles. The fourth-order valence-electron chi connectivity index (χ4n) is 1.88. The number of nitrogens with two attached hydrogens (primary N) is 1. The number of benzene rings is 2. The minimum absolute atomic E-state index is 0.401. The summed E-state index contributed by atoms with van der Waals surface area (Å²) in [5.41, 5.74) is 7.90. The van der Waals surface area contributed by atoms with Crippen LogP contribution in [0, 0.1) is 6.92 Å². The van der Waals surface area contributed by atoms with E-state index in [1.807, 2.05) is 25.1 Å². The molecule has 2 N–H and O–H groups in total. The van der Waals surface area contributed by atoms with E-state index in [-0.39, 0.29) is 0 Å². The molecule has 20 heavy (non-hydrogen) atoms. The second-order valence-corrected chi connectivity index (χ2v) is 5.65. The highest BCUT2D eigenvalue weighted by Crippen LogP contribution is 2.36. The molecule has 0 bridgehead atoms. The molecule has 0 aliphatic rings. The maximum absolute atomic E-state index is 6.09. The number of hydrogen-bond donors (Lipinski definition) is 1. The van der Waals surface area contributed by atoms with E-state index < -0.39 is 0 Å². The molecule has 2 nitrogen and oxygen atoms in total. The largest absolute Gasteiger partial charge is 0.456 e. The molecule has 5 heteroatoms. The third-order valence-corrected chi connectivity index (χ3v) is 3.95. The highest BCUT2D eigenvalue weighted by atomic mass is 35.5. The van der Waals surface area contributed by atoms with Gasteiger partial charge in [0.15, 0.2) is 0 Å². The van der Waals surface area contributed by atoms with E-state index >= 15 is 0 Å². The van der Waals surface area contributed by atoms with Crippen molar-refractivity contribution < 1.29 is 4.74 Å². The lowest BCUT2D eigenvalue weighted by molar-refractivity contribution is 0.482. The zero-order chi connectivity index (χ0) is 14.7. The number of halogens is 3. The van der Waals surface area contributed by atoms with Crippen LogP contribution >= 0.6 is 34.8 Å². The summed E-state index contributed by atoms with van der Waals surface area (Å²) in [6, 6.07) is 9.01. The lowest BCUT2D eigenvalue weighted by Crippen LogP contribution is -2.04. The smallest absolute Gasteiger partial charge is 0.147 e. The molecule has 0 aliphatic carbocycles. The highest BCUT2D eigenvalue weighted by molar-refractivity contribution is 6.43. The monoisotopic (exact) mass is 329 g/mol. The third-order valence-electron chi connectivity index (χ3n) is 2.93. The van der Waals surface area contributed by atoms with E-state index in [4.69, 9.17) is 45.3 Å². The Hall–Kier alpha value is -0.930. The van der Waals surface area contributed by atoms with Crippen molar-refractivity contribution in [1.82, 2.24) is 0 Å². The maximum atomic E-state index is 6.09. The Bertz CT molecular complexity index is 629. The van der Waals surface area contributed by atoms with Gasteiger partial charge in [0.25, 0.3) is 0 Å². The van der Waals surface area contributed by atoms with Crippen molar-refractivity contribution in [3.63, 3.8) is 0 Å². The molecule has 2 rings (SSSR count). The van der Waals surface area contributed by atoms with E-state index in [1.165, 1.54) is 5.56 Å². The van der Waals surface area contributed by atoms with Gasteiger partial charge in [-0.1, -0.05) is 40.9 Å². The van der Waals surface area contributed by atoms with Gasteiger partial charge in [-0.2, -0.15) is 0 Å². The molecule has 0 amide bonds. The molecule has 0 saturated carbocycles. The average molecular weight is 331 g/mol. The summed E-state index contributed by atoms with van der Waals surface area (Å²) in [5.74, 6) is 1.18. The van der Waals surface area contributed by atoms with Crippen LogP contribution in [0.3, 0.4) is 0 Å². The van der Waals surface area contributed by atoms with Gasteiger partial charge < -0.3 is 10.5 Å². The number of ether oxygens (including phenoxy) is 1. The molecule has 2 aromatic rings. The fraction of sp³-hybridized carbons (Fsp3) is 0.200. The number of rotatable bonds is 4. The average Bonchev–Trinajstić information content (AvgIpc) is 2.39. The van der Waals surface area contributed by atoms with Gasteiger partial charge in [-0.15, -0.1) is 0 Å². The van der Waals surface area contributed by atoms with Crippen molar-refractivity contribution in [1.29, 1.82) is 0 Å². The van der Waals surface area contributed by atoms with Gasteiger partial charge in [-0.3, -0.25) is 0 Å². The van der Waals surface area contributed by atoms with Crippen molar-refractivity contribution in [2.45, 2.75) is 13.3 Å². The SMILES string of the molecule is Cc1cc(Oc2cc(Cl)c(Cl)cc2Cl)ccc1CCN. The first-order valence-electron chi connectivity index (χ1n) is 6.13. The second kappa shape index (κ2) is 6.68. The summed E-state index contributed by atoms with van der Waals surface area (Å²) in [7, 11) is 0. The topological polar surface area (TPSA) is 35.2 Å². The zero-order valence-corrected chi connectivity index (χ0v) is 13.2. The van der Waals surface area contributed by atoms with Gasteiger partial charge in [-0.05, 0) is 49.2 Å². The van der Waals surface area contributed by atoms with E-state index in [0.717, 1.165) is 12.0 Å². The predicted molar refractivity (Wildman–Crippen MR) is 85.5 cm³/mol. The van der Waals surface area contributed by atoms with Gasteiger partial charge in [0.05, 0.1) is 15.1 Å². The molecule has 0 fully saturated rings. The molecular weight excluding hydrogens is 317 g/mol. The van der Waals surface area contributed by atoms with Crippen molar-refractivity contribution in [2.75, 3.05) is 6.54 Å². The summed E-state index contributed by atoms with van der Waals surface area (Å²) in [4.78, 5) is 0. The molecule has 0 atom stereocenters. The van der Waals surface area contributed by atoms with Crippen LogP contribution in [-0.4, -0.2) is 6.54 Å². The van der Waals surface area contributed by atoms with Crippen molar-refractivity contribution >= 4 is 34.8 Å². The first kappa shape index (κ1) is 15.5. The minimum Gasteiger partial charge on any atom is -0.456 e. The van der Waals surface area contributed by atoms with Crippen LogP contribution in [0.1, 0.15) is 11.1 Å². The van der Waals surface area contributed by atoms with Crippen LogP contribution in [0.5, 0.6) is 11.5 Å². The Balaban J connectivity index is 2.26. The molecule has 0 aliphatic heterocycles. The molecule has 106 valence electrons. The molecule has 0 radical (unpaired) electrons. The Morgan fingerprint density at radius 2 is 1.70 bits per heavy atom. The molecule has 2 aromatic carbocycles. The van der Waals surface area contributed by atoms with Crippen molar-refractivity contribution in [3.05, 3.63) is 56.5 Å². The molecule has 0 spiro atoms. The Morgan fingerprint density at radius 1 is 1.00 bits per heavy atom. The van der Waals surface area contributed by atoms with Crippen LogP contribution in [0.2, 0.25) is 15.1 Å².